The van der Waals surface area contributed by atoms with Crippen LogP contribution in [0.15, 0.2) is 48.5 Å². The number of benzene rings is 2. The van der Waals surface area contributed by atoms with E-state index in [0.29, 0.717) is 0 Å². The third-order valence-corrected chi connectivity index (χ3v) is 4.00. The third-order valence-electron chi connectivity index (χ3n) is 4.00. The highest BCUT2D eigenvalue weighted by molar-refractivity contribution is 5.51. The molecule has 0 unspecified atom stereocenters. The lowest BCUT2D eigenvalue weighted by molar-refractivity contribution is -0.0379. The smallest absolute Gasteiger partial charge is 0.0670 e. The van der Waals surface area contributed by atoms with Crippen LogP contribution >= 0.6 is 0 Å². The van der Waals surface area contributed by atoms with Gasteiger partial charge in [0.25, 0.3) is 0 Å². The van der Waals surface area contributed by atoms with Crippen molar-refractivity contribution in [3.8, 4) is 0 Å². The van der Waals surface area contributed by atoms with Crippen LogP contribution < -0.4 is 5.32 Å². The maximum Gasteiger partial charge on any atom is 0.0670 e. The summed E-state index contributed by atoms with van der Waals surface area (Å²) in [5, 5.41) is 3.21. The van der Waals surface area contributed by atoms with E-state index in [1.807, 2.05) is 7.05 Å². The Morgan fingerprint density at radius 1 is 1.00 bits per heavy atom. The fourth-order valence-corrected chi connectivity index (χ4v) is 2.65. The first kappa shape index (κ1) is 12.2. The first-order valence-electron chi connectivity index (χ1n) is 6.68. The zero-order chi connectivity index (χ0) is 13.3. The molecule has 3 rings (SSSR count). The van der Waals surface area contributed by atoms with Crippen molar-refractivity contribution in [2.75, 3.05) is 25.6 Å². The molecule has 98 valence electrons. The standard InChI is InChI=1S/C17H19NO/c1-13-6-8-14(9-7-13)17(11-19-12-17)15-4-3-5-16(10-15)18-2/h3-10,18H,11-12H2,1-2H3. The van der Waals surface area contributed by atoms with Gasteiger partial charge in [0, 0.05) is 12.7 Å². The van der Waals surface area contributed by atoms with Crippen LogP contribution in [0, 0.1) is 6.92 Å². The van der Waals surface area contributed by atoms with Gasteiger partial charge >= 0.3 is 0 Å². The van der Waals surface area contributed by atoms with Gasteiger partial charge in [0.15, 0.2) is 0 Å². The van der Waals surface area contributed by atoms with Crippen molar-refractivity contribution in [1.82, 2.24) is 0 Å². The van der Waals surface area contributed by atoms with Crippen molar-refractivity contribution >= 4 is 5.69 Å². The Kier molecular flexibility index (Phi) is 3.03. The van der Waals surface area contributed by atoms with Crippen molar-refractivity contribution in [1.29, 1.82) is 0 Å². The van der Waals surface area contributed by atoms with Crippen LogP contribution in [0.3, 0.4) is 0 Å². The third kappa shape index (κ3) is 2.02. The van der Waals surface area contributed by atoms with Gasteiger partial charge in [-0.3, -0.25) is 0 Å². The van der Waals surface area contributed by atoms with Crippen LogP contribution in [0.1, 0.15) is 16.7 Å². The molecule has 2 nitrogen and oxygen atoms in total. The van der Waals surface area contributed by atoms with Crippen LogP contribution in [0.4, 0.5) is 5.69 Å². The van der Waals surface area contributed by atoms with Gasteiger partial charge in [-0.15, -0.1) is 0 Å². The SMILES string of the molecule is CNc1cccc(C2(c3ccc(C)cc3)COC2)c1. The van der Waals surface area contributed by atoms with Crippen molar-refractivity contribution < 1.29 is 4.74 Å². The van der Waals surface area contributed by atoms with Gasteiger partial charge in [-0.1, -0.05) is 42.0 Å². The number of hydrogen-bond acceptors (Lipinski definition) is 2. The maximum atomic E-state index is 5.53. The van der Waals surface area contributed by atoms with Crippen molar-refractivity contribution in [2.45, 2.75) is 12.3 Å². The predicted octanol–water partition coefficient (Wildman–Crippen LogP) is 3.35. The van der Waals surface area contributed by atoms with Gasteiger partial charge in [0.05, 0.1) is 18.6 Å². The van der Waals surface area contributed by atoms with Gasteiger partial charge in [0.2, 0.25) is 0 Å². The molecule has 1 aliphatic heterocycles. The molecular weight excluding hydrogens is 234 g/mol. The molecule has 1 heterocycles. The summed E-state index contributed by atoms with van der Waals surface area (Å²) in [6.07, 6.45) is 0. The summed E-state index contributed by atoms with van der Waals surface area (Å²) in [4.78, 5) is 0. The quantitative estimate of drug-likeness (QED) is 0.905. The Hall–Kier alpha value is -1.80. The number of anilines is 1. The van der Waals surface area contributed by atoms with Gasteiger partial charge in [-0.25, -0.2) is 0 Å². The molecule has 1 aliphatic rings. The summed E-state index contributed by atoms with van der Waals surface area (Å²) in [6.45, 7) is 3.65. The molecule has 0 amide bonds. The Morgan fingerprint density at radius 2 is 1.74 bits per heavy atom. The summed E-state index contributed by atoms with van der Waals surface area (Å²) in [6, 6.07) is 17.4. The number of rotatable bonds is 3. The summed E-state index contributed by atoms with van der Waals surface area (Å²) >= 11 is 0. The van der Waals surface area contributed by atoms with Crippen molar-refractivity contribution in [2.24, 2.45) is 0 Å². The highest BCUT2D eigenvalue weighted by Crippen LogP contribution is 2.39. The van der Waals surface area contributed by atoms with Crippen LogP contribution in [0.5, 0.6) is 0 Å². The lowest BCUT2D eigenvalue weighted by Crippen LogP contribution is -2.47. The van der Waals surface area contributed by atoms with Crippen LogP contribution in [-0.2, 0) is 10.2 Å². The largest absolute Gasteiger partial charge is 0.388 e. The van der Waals surface area contributed by atoms with Gasteiger partial charge in [0.1, 0.15) is 0 Å². The van der Waals surface area contributed by atoms with E-state index in [4.69, 9.17) is 4.74 Å². The van der Waals surface area contributed by atoms with E-state index in [0.717, 1.165) is 18.9 Å². The molecule has 0 aromatic heterocycles. The molecule has 0 atom stereocenters. The molecule has 0 bridgehead atoms. The lowest BCUT2D eigenvalue weighted by atomic mass is 9.72. The molecule has 0 spiro atoms. The maximum absolute atomic E-state index is 5.53. The first-order valence-corrected chi connectivity index (χ1v) is 6.68. The minimum atomic E-state index is 0.0283. The van der Waals surface area contributed by atoms with Crippen LogP contribution in [0.25, 0.3) is 0 Å². The van der Waals surface area contributed by atoms with E-state index in [2.05, 4.69) is 60.8 Å². The minimum Gasteiger partial charge on any atom is -0.388 e. The normalized spacial score (nSPS) is 16.7. The molecule has 1 saturated heterocycles. The number of ether oxygens (including phenoxy) is 1. The van der Waals surface area contributed by atoms with Gasteiger partial charge in [-0.2, -0.15) is 0 Å². The molecule has 2 aromatic carbocycles. The Balaban J connectivity index is 2.05. The average molecular weight is 253 g/mol. The Bertz CT molecular complexity index is 570. The summed E-state index contributed by atoms with van der Waals surface area (Å²) in [7, 11) is 1.95. The average Bonchev–Trinajstić information content (AvgIpc) is 2.40. The molecule has 1 N–H and O–H groups in total. The fraction of sp³-hybridized carbons (Fsp3) is 0.294. The van der Waals surface area contributed by atoms with E-state index in [1.165, 1.54) is 16.7 Å². The zero-order valence-electron chi connectivity index (χ0n) is 11.4. The lowest BCUT2D eigenvalue weighted by Gasteiger charge is -2.42. The molecule has 2 heteroatoms. The monoisotopic (exact) mass is 253 g/mol. The Morgan fingerprint density at radius 3 is 2.32 bits per heavy atom. The van der Waals surface area contributed by atoms with Crippen molar-refractivity contribution in [3.05, 3.63) is 65.2 Å². The molecule has 19 heavy (non-hydrogen) atoms. The van der Waals surface area contributed by atoms with Crippen molar-refractivity contribution in [3.63, 3.8) is 0 Å². The minimum absolute atomic E-state index is 0.0283. The second-order valence-electron chi connectivity index (χ2n) is 5.27. The second-order valence-corrected chi connectivity index (χ2v) is 5.27. The second kappa shape index (κ2) is 4.71. The summed E-state index contributed by atoms with van der Waals surface area (Å²) in [5.74, 6) is 0. The highest BCUT2D eigenvalue weighted by Gasteiger charge is 2.42. The molecule has 0 radical (unpaired) electrons. The molecule has 0 saturated carbocycles. The van der Waals surface area contributed by atoms with Gasteiger partial charge < -0.3 is 10.1 Å². The first-order chi connectivity index (χ1) is 9.24. The highest BCUT2D eigenvalue weighted by atomic mass is 16.5. The molecule has 1 fully saturated rings. The molecule has 0 aliphatic carbocycles. The molecule has 2 aromatic rings. The summed E-state index contributed by atoms with van der Waals surface area (Å²) in [5.41, 5.74) is 5.15. The van der Waals surface area contributed by atoms with E-state index in [1.54, 1.807) is 0 Å². The van der Waals surface area contributed by atoms with Crippen LogP contribution in [-0.4, -0.2) is 20.3 Å². The van der Waals surface area contributed by atoms with Gasteiger partial charge in [-0.05, 0) is 30.2 Å². The number of nitrogens with one attached hydrogen (secondary N) is 1. The topological polar surface area (TPSA) is 21.3 Å². The summed E-state index contributed by atoms with van der Waals surface area (Å²) < 4.78 is 5.53. The van der Waals surface area contributed by atoms with E-state index < -0.39 is 0 Å². The Labute approximate surface area is 114 Å². The van der Waals surface area contributed by atoms with Crippen LogP contribution in [0.2, 0.25) is 0 Å². The number of hydrogen-bond donors (Lipinski definition) is 1. The van der Waals surface area contributed by atoms with E-state index >= 15 is 0 Å². The molecular formula is C17H19NO. The van der Waals surface area contributed by atoms with E-state index in [9.17, 15) is 0 Å². The fourth-order valence-electron chi connectivity index (χ4n) is 2.65. The number of aryl methyl sites for hydroxylation is 1. The predicted molar refractivity (Wildman–Crippen MR) is 78.8 cm³/mol. The van der Waals surface area contributed by atoms with E-state index in [-0.39, 0.29) is 5.41 Å². The zero-order valence-corrected chi connectivity index (χ0v) is 11.4.